The van der Waals surface area contributed by atoms with Gasteiger partial charge in [0.15, 0.2) is 0 Å². The SMILES string of the molecule is COC[C@@H]1CCc2cc3c(c(NC(=O)C4(C)Cn5ncc(S(=N)(N)=O)c5O4)c21)CCC3. The summed E-state index contributed by atoms with van der Waals surface area (Å²) in [5.74, 6) is 0.0923. The van der Waals surface area contributed by atoms with Gasteiger partial charge in [-0.05, 0) is 61.3 Å². The maximum absolute atomic E-state index is 13.5. The molecule has 31 heavy (non-hydrogen) atoms. The van der Waals surface area contributed by atoms with Crippen LogP contribution in [0.3, 0.4) is 0 Å². The lowest BCUT2D eigenvalue weighted by Crippen LogP contribution is -2.45. The Morgan fingerprint density at radius 1 is 1.45 bits per heavy atom. The Morgan fingerprint density at radius 2 is 2.26 bits per heavy atom. The van der Waals surface area contributed by atoms with Gasteiger partial charge >= 0.3 is 0 Å². The Bertz CT molecular complexity index is 1190. The minimum atomic E-state index is -3.50. The molecule has 166 valence electrons. The Hall–Kier alpha value is -2.43. The molecule has 1 aliphatic heterocycles. The number of fused-ring (bicyclic) bond motifs is 3. The smallest absolute Gasteiger partial charge is 0.270 e. The van der Waals surface area contributed by atoms with Crippen molar-refractivity contribution in [2.24, 2.45) is 5.14 Å². The minimum Gasteiger partial charge on any atom is -0.458 e. The summed E-state index contributed by atoms with van der Waals surface area (Å²) in [6.45, 7) is 2.46. The number of carbonyl (C=O) groups is 1. The van der Waals surface area contributed by atoms with E-state index in [9.17, 15) is 9.00 Å². The molecule has 2 heterocycles. The number of anilines is 1. The van der Waals surface area contributed by atoms with Crippen molar-refractivity contribution >= 4 is 21.5 Å². The summed E-state index contributed by atoms with van der Waals surface area (Å²) in [4.78, 5) is 13.5. The van der Waals surface area contributed by atoms with Gasteiger partial charge in [0.25, 0.3) is 5.91 Å². The van der Waals surface area contributed by atoms with Gasteiger partial charge in [-0.25, -0.2) is 18.8 Å². The van der Waals surface area contributed by atoms with Crippen LogP contribution in [0.15, 0.2) is 17.2 Å². The van der Waals surface area contributed by atoms with E-state index in [-0.39, 0.29) is 29.1 Å². The van der Waals surface area contributed by atoms with E-state index in [0.29, 0.717) is 6.61 Å². The third-order valence-electron chi connectivity index (χ3n) is 6.64. The first-order valence-electron chi connectivity index (χ1n) is 10.5. The molecule has 0 saturated heterocycles. The molecule has 0 bridgehead atoms. The number of nitrogens with zero attached hydrogens (tertiary/aromatic N) is 2. The molecule has 10 heteroatoms. The van der Waals surface area contributed by atoms with Crippen molar-refractivity contribution in [2.75, 3.05) is 19.0 Å². The summed E-state index contributed by atoms with van der Waals surface area (Å²) in [5, 5.41) is 12.8. The number of rotatable bonds is 5. The molecule has 0 spiro atoms. The van der Waals surface area contributed by atoms with Gasteiger partial charge < -0.3 is 14.8 Å². The topological polar surface area (TPSA) is 132 Å². The summed E-state index contributed by atoms with van der Waals surface area (Å²) in [6.07, 6.45) is 6.32. The van der Waals surface area contributed by atoms with E-state index in [0.717, 1.165) is 37.8 Å². The minimum absolute atomic E-state index is 0.00526. The molecule has 5 rings (SSSR count). The van der Waals surface area contributed by atoms with E-state index in [1.54, 1.807) is 14.0 Å². The maximum Gasteiger partial charge on any atom is 0.270 e. The van der Waals surface area contributed by atoms with Crippen LogP contribution in [-0.2, 0) is 45.3 Å². The lowest BCUT2D eigenvalue weighted by atomic mass is 9.93. The van der Waals surface area contributed by atoms with Crippen LogP contribution in [0, 0.1) is 4.78 Å². The molecule has 2 unspecified atom stereocenters. The standard InChI is InChI=1S/C21H27N5O4S/c1-21(11-26-19(30-21)16(9-24-26)31(22,23)28)20(27)25-18-15-5-3-4-12(15)8-13-6-7-14(10-29-2)17(13)18/h8-9,14H,3-7,10-11H2,1-2H3,(H,25,27)(H3,22,23,28)/t14-,21?/m0/s1. The summed E-state index contributed by atoms with van der Waals surface area (Å²) in [5.41, 5.74) is 4.68. The van der Waals surface area contributed by atoms with Gasteiger partial charge in [0.1, 0.15) is 14.8 Å². The van der Waals surface area contributed by atoms with Gasteiger partial charge in [-0.3, -0.25) is 4.79 Å². The Kier molecular flexibility index (Phi) is 4.65. The number of methoxy groups -OCH3 is 1. The highest BCUT2D eigenvalue weighted by Crippen LogP contribution is 2.45. The molecular formula is C21H27N5O4S. The number of ether oxygens (including phenoxy) is 2. The van der Waals surface area contributed by atoms with Crippen LogP contribution in [0.1, 0.15) is 47.9 Å². The van der Waals surface area contributed by atoms with Gasteiger partial charge in [-0.1, -0.05) is 6.07 Å². The van der Waals surface area contributed by atoms with E-state index in [1.807, 2.05) is 0 Å². The van der Waals surface area contributed by atoms with Gasteiger partial charge in [0, 0.05) is 18.7 Å². The number of aromatic nitrogens is 2. The molecule has 4 N–H and O–H groups in total. The Morgan fingerprint density at radius 3 is 3.00 bits per heavy atom. The number of hydrogen-bond donors (Lipinski definition) is 3. The quantitative estimate of drug-likeness (QED) is 0.648. The van der Waals surface area contributed by atoms with Crippen molar-refractivity contribution in [3.8, 4) is 5.88 Å². The number of nitrogens with two attached hydrogens (primary N) is 1. The first kappa shape index (κ1) is 20.5. The number of hydrogen-bond acceptors (Lipinski definition) is 6. The highest BCUT2D eigenvalue weighted by Gasteiger charge is 2.46. The average Bonchev–Trinajstić information content (AvgIpc) is 3.44. The van der Waals surface area contributed by atoms with Gasteiger partial charge in [-0.2, -0.15) is 5.10 Å². The van der Waals surface area contributed by atoms with Crippen molar-refractivity contribution in [2.45, 2.75) is 62.0 Å². The van der Waals surface area contributed by atoms with Gasteiger partial charge in [0.05, 0.1) is 19.3 Å². The summed E-state index contributed by atoms with van der Waals surface area (Å²) in [6, 6.07) is 2.31. The molecule has 1 amide bonds. The fourth-order valence-corrected chi connectivity index (χ4v) is 5.77. The molecule has 1 aromatic heterocycles. The molecule has 0 saturated carbocycles. The predicted molar refractivity (Wildman–Crippen MR) is 115 cm³/mol. The maximum atomic E-state index is 13.5. The summed E-state index contributed by atoms with van der Waals surface area (Å²) >= 11 is 0. The molecule has 0 radical (unpaired) electrons. The lowest BCUT2D eigenvalue weighted by molar-refractivity contribution is -0.129. The van der Waals surface area contributed by atoms with E-state index in [4.69, 9.17) is 19.4 Å². The van der Waals surface area contributed by atoms with Crippen LogP contribution < -0.4 is 15.2 Å². The van der Waals surface area contributed by atoms with Crippen LogP contribution in [0.2, 0.25) is 0 Å². The van der Waals surface area contributed by atoms with Crippen LogP contribution in [-0.4, -0.2) is 39.2 Å². The molecule has 1 aromatic carbocycles. The van der Waals surface area contributed by atoms with Crippen LogP contribution in [0.5, 0.6) is 5.88 Å². The van der Waals surface area contributed by atoms with E-state index < -0.39 is 15.5 Å². The molecule has 3 aliphatic rings. The van der Waals surface area contributed by atoms with E-state index >= 15 is 0 Å². The normalized spacial score (nSPS) is 25.5. The Balaban J connectivity index is 1.49. The van der Waals surface area contributed by atoms with Crippen LogP contribution >= 0.6 is 0 Å². The predicted octanol–water partition coefficient (Wildman–Crippen LogP) is 2.12. The monoisotopic (exact) mass is 445 g/mol. The molecule has 3 atom stereocenters. The third kappa shape index (κ3) is 3.24. The second kappa shape index (κ2) is 7.04. The number of aryl methyl sites for hydroxylation is 2. The van der Waals surface area contributed by atoms with Crippen molar-refractivity contribution in [3.63, 3.8) is 0 Å². The third-order valence-corrected chi connectivity index (χ3v) is 7.58. The van der Waals surface area contributed by atoms with Crippen molar-refractivity contribution < 1.29 is 18.5 Å². The van der Waals surface area contributed by atoms with Crippen LogP contribution in [0.4, 0.5) is 5.69 Å². The number of nitrogens with one attached hydrogen (secondary N) is 2. The molecule has 9 nitrogen and oxygen atoms in total. The summed E-state index contributed by atoms with van der Waals surface area (Å²) < 4.78 is 32.5. The molecule has 2 aromatic rings. The van der Waals surface area contributed by atoms with Gasteiger partial charge in [-0.15, -0.1) is 0 Å². The van der Waals surface area contributed by atoms with E-state index in [2.05, 4.69) is 16.5 Å². The molecular weight excluding hydrogens is 418 g/mol. The summed E-state index contributed by atoms with van der Waals surface area (Å²) in [7, 11) is -1.80. The molecule has 2 aliphatic carbocycles. The molecule has 0 fully saturated rings. The van der Waals surface area contributed by atoms with Gasteiger partial charge in [0.2, 0.25) is 11.5 Å². The number of carbonyl (C=O) groups excluding carboxylic acids is 1. The lowest BCUT2D eigenvalue weighted by Gasteiger charge is -2.25. The first-order valence-corrected chi connectivity index (χ1v) is 12.1. The first-order chi connectivity index (χ1) is 14.7. The van der Waals surface area contributed by atoms with Crippen molar-refractivity contribution in [1.82, 2.24) is 9.78 Å². The van der Waals surface area contributed by atoms with Crippen LogP contribution in [0.25, 0.3) is 0 Å². The average molecular weight is 446 g/mol. The fourth-order valence-electron chi connectivity index (χ4n) is 5.16. The number of benzene rings is 1. The highest BCUT2D eigenvalue weighted by atomic mass is 32.2. The zero-order valence-corrected chi connectivity index (χ0v) is 18.5. The zero-order chi connectivity index (χ0) is 22.0. The van der Waals surface area contributed by atoms with E-state index in [1.165, 1.54) is 33.1 Å². The largest absolute Gasteiger partial charge is 0.458 e. The second-order valence-corrected chi connectivity index (χ2v) is 10.5. The highest BCUT2D eigenvalue weighted by molar-refractivity contribution is 7.90. The number of amides is 1. The van der Waals surface area contributed by atoms with Crippen molar-refractivity contribution in [3.05, 3.63) is 34.5 Å². The van der Waals surface area contributed by atoms with Crippen molar-refractivity contribution in [1.29, 1.82) is 4.78 Å². The fraction of sp³-hybridized carbons (Fsp3) is 0.524. The Labute approximate surface area is 181 Å². The second-order valence-electron chi connectivity index (χ2n) is 8.87. The zero-order valence-electron chi connectivity index (χ0n) is 17.7.